The third-order valence-electron chi connectivity index (χ3n) is 1.78. The fraction of sp³-hybridized carbons (Fsp3) is 0.667. The molecule has 1 aromatic rings. The Kier molecular flexibility index (Phi) is 4.25. The third kappa shape index (κ3) is 3.32. The Morgan fingerprint density at radius 3 is 2.92 bits per heavy atom. The Labute approximate surface area is 78.0 Å². The molecule has 0 amide bonds. The molecule has 0 fully saturated rings. The van der Waals surface area contributed by atoms with E-state index in [1.54, 1.807) is 11.3 Å². The second kappa shape index (κ2) is 5.27. The molecule has 1 N–H and O–H groups in total. The number of rotatable bonds is 5. The molecule has 0 aromatic carbocycles. The highest BCUT2D eigenvalue weighted by Gasteiger charge is 1.96. The summed E-state index contributed by atoms with van der Waals surface area (Å²) in [5, 5.41) is 6.48. The van der Waals surface area contributed by atoms with Gasteiger partial charge in [-0.25, -0.2) is 4.98 Å². The largest absolute Gasteiger partial charge is 0.320 e. The molecule has 1 heterocycles. The van der Waals surface area contributed by atoms with Crippen molar-refractivity contribution in [1.29, 1.82) is 0 Å². The molecular formula is C9H16N2S. The van der Waals surface area contributed by atoms with Crippen molar-refractivity contribution in [2.24, 2.45) is 0 Å². The van der Waals surface area contributed by atoms with Crippen molar-refractivity contribution < 1.29 is 0 Å². The number of nitrogens with zero attached hydrogens (tertiary/aromatic N) is 1. The fourth-order valence-corrected chi connectivity index (χ4v) is 1.78. The zero-order valence-electron chi connectivity index (χ0n) is 7.76. The van der Waals surface area contributed by atoms with Gasteiger partial charge in [-0.3, -0.25) is 0 Å². The zero-order valence-corrected chi connectivity index (χ0v) is 8.58. The summed E-state index contributed by atoms with van der Waals surface area (Å²) in [5.74, 6) is 0. The highest BCUT2D eigenvalue weighted by Crippen LogP contribution is 2.10. The monoisotopic (exact) mass is 184 g/mol. The minimum Gasteiger partial charge on any atom is -0.320 e. The quantitative estimate of drug-likeness (QED) is 0.708. The van der Waals surface area contributed by atoms with E-state index >= 15 is 0 Å². The van der Waals surface area contributed by atoms with E-state index in [0.717, 1.165) is 13.0 Å². The molecule has 0 aliphatic carbocycles. The fourth-order valence-electron chi connectivity index (χ4n) is 1.13. The highest BCUT2D eigenvalue weighted by atomic mass is 32.1. The summed E-state index contributed by atoms with van der Waals surface area (Å²) in [7, 11) is 1.99. The Morgan fingerprint density at radius 1 is 1.50 bits per heavy atom. The number of hydrogen-bond donors (Lipinski definition) is 1. The van der Waals surface area contributed by atoms with Gasteiger partial charge in [0.25, 0.3) is 0 Å². The molecule has 3 heteroatoms. The van der Waals surface area contributed by atoms with Gasteiger partial charge in [-0.1, -0.05) is 0 Å². The Hall–Kier alpha value is -0.410. The SMILES string of the molecule is CNCCCCc1csc(C)n1. The van der Waals surface area contributed by atoms with Crippen molar-refractivity contribution in [2.45, 2.75) is 26.2 Å². The van der Waals surface area contributed by atoms with E-state index in [2.05, 4.69) is 22.6 Å². The van der Waals surface area contributed by atoms with Gasteiger partial charge >= 0.3 is 0 Å². The minimum absolute atomic E-state index is 1.11. The van der Waals surface area contributed by atoms with Crippen LogP contribution in [0.2, 0.25) is 0 Å². The minimum atomic E-state index is 1.11. The predicted molar refractivity (Wildman–Crippen MR) is 53.7 cm³/mol. The van der Waals surface area contributed by atoms with Crippen LogP contribution in [-0.4, -0.2) is 18.6 Å². The standard InChI is InChI=1S/C9H16N2S/c1-8-11-9(7-12-8)5-3-4-6-10-2/h7,10H,3-6H2,1-2H3. The van der Waals surface area contributed by atoms with Crippen LogP contribution in [-0.2, 0) is 6.42 Å². The van der Waals surface area contributed by atoms with Gasteiger partial charge in [-0.05, 0) is 39.8 Å². The number of aryl methyl sites for hydroxylation is 2. The maximum Gasteiger partial charge on any atom is 0.0897 e. The topological polar surface area (TPSA) is 24.9 Å². The van der Waals surface area contributed by atoms with E-state index in [1.807, 2.05) is 7.05 Å². The van der Waals surface area contributed by atoms with Gasteiger partial charge in [0.15, 0.2) is 0 Å². The average Bonchev–Trinajstić information content (AvgIpc) is 2.45. The summed E-state index contributed by atoms with van der Waals surface area (Å²) in [4.78, 5) is 4.41. The van der Waals surface area contributed by atoms with Crippen LogP contribution < -0.4 is 5.32 Å². The molecule has 1 aromatic heterocycles. The third-order valence-corrected chi connectivity index (χ3v) is 2.60. The number of nitrogens with one attached hydrogen (secondary N) is 1. The van der Waals surface area contributed by atoms with Crippen LogP contribution >= 0.6 is 11.3 Å². The molecular weight excluding hydrogens is 168 g/mol. The lowest BCUT2D eigenvalue weighted by molar-refractivity contribution is 0.672. The van der Waals surface area contributed by atoms with E-state index in [4.69, 9.17) is 0 Å². The lowest BCUT2D eigenvalue weighted by Gasteiger charge is -1.96. The molecule has 2 nitrogen and oxygen atoms in total. The number of hydrogen-bond acceptors (Lipinski definition) is 3. The maximum atomic E-state index is 4.41. The maximum absolute atomic E-state index is 4.41. The van der Waals surface area contributed by atoms with Crippen molar-refractivity contribution in [3.05, 3.63) is 16.1 Å². The molecule has 0 unspecified atom stereocenters. The second-order valence-corrected chi connectivity index (χ2v) is 3.98. The number of thiazole rings is 1. The van der Waals surface area contributed by atoms with Gasteiger partial charge in [-0.2, -0.15) is 0 Å². The van der Waals surface area contributed by atoms with E-state index < -0.39 is 0 Å². The van der Waals surface area contributed by atoms with Crippen LogP contribution in [0.3, 0.4) is 0 Å². The van der Waals surface area contributed by atoms with Crippen LogP contribution in [0.1, 0.15) is 23.5 Å². The molecule has 0 saturated heterocycles. The molecule has 0 spiro atoms. The lowest BCUT2D eigenvalue weighted by Crippen LogP contribution is -2.07. The molecule has 0 aliphatic rings. The molecule has 1 rings (SSSR count). The highest BCUT2D eigenvalue weighted by molar-refractivity contribution is 7.09. The van der Waals surface area contributed by atoms with Crippen LogP contribution in [0.5, 0.6) is 0 Å². The van der Waals surface area contributed by atoms with Crippen LogP contribution in [0.4, 0.5) is 0 Å². The van der Waals surface area contributed by atoms with E-state index in [1.165, 1.54) is 23.5 Å². The van der Waals surface area contributed by atoms with Crippen LogP contribution in [0.15, 0.2) is 5.38 Å². The smallest absolute Gasteiger partial charge is 0.0897 e. The van der Waals surface area contributed by atoms with E-state index in [0.29, 0.717) is 0 Å². The molecule has 0 saturated carbocycles. The summed E-state index contributed by atoms with van der Waals surface area (Å²) >= 11 is 1.74. The number of aromatic nitrogens is 1. The average molecular weight is 184 g/mol. The first kappa shape index (κ1) is 9.68. The zero-order chi connectivity index (χ0) is 8.81. The Bertz CT molecular complexity index is 220. The van der Waals surface area contributed by atoms with Gasteiger partial charge < -0.3 is 5.32 Å². The normalized spacial score (nSPS) is 10.5. The van der Waals surface area contributed by atoms with Gasteiger partial charge in [0.05, 0.1) is 10.7 Å². The molecule has 0 aliphatic heterocycles. The molecule has 0 bridgehead atoms. The summed E-state index contributed by atoms with van der Waals surface area (Å²) in [5.41, 5.74) is 1.26. The van der Waals surface area contributed by atoms with Crippen molar-refractivity contribution in [3.8, 4) is 0 Å². The first-order valence-electron chi connectivity index (χ1n) is 4.38. The van der Waals surface area contributed by atoms with E-state index in [-0.39, 0.29) is 0 Å². The van der Waals surface area contributed by atoms with Gasteiger partial charge in [0.1, 0.15) is 0 Å². The number of unbranched alkanes of at least 4 members (excludes halogenated alkanes) is 1. The molecule has 0 radical (unpaired) electrons. The van der Waals surface area contributed by atoms with E-state index in [9.17, 15) is 0 Å². The van der Waals surface area contributed by atoms with Crippen molar-refractivity contribution in [2.75, 3.05) is 13.6 Å². The molecule has 0 atom stereocenters. The molecule has 68 valence electrons. The first-order chi connectivity index (χ1) is 5.83. The van der Waals surface area contributed by atoms with Crippen molar-refractivity contribution in [1.82, 2.24) is 10.3 Å². The van der Waals surface area contributed by atoms with Crippen LogP contribution in [0, 0.1) is 6.92 Å². The summed E-state index contributed by atoms with van der Waals surface area (Å²) in [6, 6.07) is 0. The lowest BCUT2D eigenvalue weighted by atomic mass is 10.2. The summed E-state index contributed by atoms with van der Waals surface area (Å²) < 4.78 is 0. The van der Waals surface area contributed by atoms with Crippen molar-refractivity contribution >= 4 is 11.3 Å². The summed E-state index contributed by atoms with van der Waals surface area (Å²) in [6.07, 6.45) is 3.61. The second-order valence-electron chi connectivity index (χ2n) is 2.92. The Balaban J connectivity index is 2.15. The Morgan fingerprint density at radius 2 is 2.33 bits per heavy atom. The summed E-state index contributed by atoms with van der Waals surface area (Å²) in [6.45, 7) is 3.17. The van der Waals surface area contributed by atoms with Crippen LogP contribution in [0.25, 0.3) is 0 Å². The van der Waals surface area contributed by atoms with Gasteiger partial charge in [-0.15, -0.1) is 11.3 Å². The molecule has 12 heavy (non-hydrogen) atoms. The first-order valence-corrected chi connectivity index (χ1v) is 5.26. The van der Waals surface area contributed by atoms with Gasteiger partial charge in [0.2, 0.25) is 0 Å². The van der Waals surface area contributed by atoms with Crippen molar-refractivity contribution in [3.63, 3.8) is 0 Å². The van der Waals surface area contributed by atoms with Gasteiger partial charge in [0, 0.05) is 5.38 Å². The predicted octanol–water partition coefficient (Wildman–Crippen LogP) is 1.99.